The molecule has 0 spiro atoms. The van der Waals surface area contributed by atoms with Crippen molar-refractivity contribution in [1.29, 1.82) is 0 Å². The molecule has 2 aromatic carbocycles. The summed E-state index contributed by atoms with van der Waals surface area (Å²) in [5, 5.41) is 3.92. The number of amides is 2. The Kier molecular flexibility index (Phi) is 7.44. The molecule has 0 saturated carbocycles. The molecule has 7 heteroatoms. The number of rotatable bonds is 6. The summed E-state index contributed by atoms with van der Waals surface area (Å²) >= 11 is 1.47. The molecule has 1 aromatic heterocycles. The van der Waals surface area contributed by atoms with Gasteiger partial charge >= 0.3 is 0 Å². The molecular formula is C27H32N4O2S. The highest BCUT2D eigenvalue weighted by Gasteiger charge is 2.26. The van der Waals surface area contributed by atoms with Crippen molar-refractivity contribution >= 4 is 28.8 Å². The maximum Gasteiger partial charge on any atom is 0.265 e. The quantitative estimate of drug-likeness (QED) is 0.560. The van der Waals surface area contributed by atoms with Crippen LogP contribution in [0.25, 0.3) is 10.6 Å². The number of aromatic nitrogens is 1. The van der Waals surface area contributed by atoms with Crippen LogP contribution < -0.4 is 5.32 Å². The number of anilines is 1. The van der Waals surface area contributed by atoms with Gasteiger partial charge < -0.3 is 10.2 Å². The maximum atomic E-state index is 13.2. The van der Waals surface area contributed by atoms with Gasteiger partial charge in [-0.05, 0) is 44.4 Å². The van der Waals surface area contributed by atoms with E-state index < -0.39 is 0 Å². The number of thiazole rings is 1. The minimum Gasteiger partial charge on any atom is -0.335 e. The van der Waals surface area contributed by atoms with E-state index in [1.165, 1.54) is 22.5 Å². The van der Waals surface area contributed by atoms with E-state index in [1.54, 1.807) is 0 Å². The molecular weight excluding hydrogens is 444 g/mol. The SMILES string of the molecule is CCc1ccccc1NC(=O)CN1CCN(C(=O)c2sc(-c3ccc(C)cc3C)nc2C)CC1. The molecule has 1 aliphatic rings. The third kappa shape index (κ3) is 5.37. The van der Waals surface area contributed by atoms with E-state index in [1.807, 2.05) is 36.1 Å². The minimum atomic E-state index is -0.0166. The Morgan fingerprint density at radius 1 is 1.03 bits per heavy atom. The minimum absolute atomic E-state index is 0.0166. The first-order valence-electron chi connectivity index (χ1n) is 11.8. The molecule has 0 unspecified atom stereocenters. The number of benzene rings is 2. The van der Waals surface area contributed by atoms with E-state index in [2.05, 4.69) is 49.2 Å². The Hall–Kier alpha value is -3.03. The molecule has 0 aliphatic carbocycles. The van der Waals surface area contributed by atoms with Crippen molar-refractivity contribution < 1.29 is 9.59 Å². The second kappa shape index (κ2) is 10.5. The van der Waals surface area contributed by atoms with Gasteiger partial charge in [-0.1, -0.05) is 48.9 Å². The number of nitrogens with one attached hydrogen (secondary N) is 1. The van der Waals surface area contributed by atoms with Crippen LogP contribution in [0.2, 0.25) is 0 Å². The molecule has 2 heterocycles. The maximum absolute atomic E-state index is 13.2. The van der Waals surface area contributed by atoms with Crippen molar-refractivity contribution in [3.8, 4) is 10.6 Å². The van der Waals surface area contributed by atoms with Crippen LogP contribution in [0.5, 0.6) is 0 Å². The lowest BCUT2D eigenvalue weighted by atomic mass is 10.1. The predicted molar refractivity (Wildman–Crippen MR) is 139 cm³/mol. The normalized spacial score (nSPS) is 14.3. The standard InChI is InChI=1S/C27H32N4O2S/c1-5-21-8-6-7-9-23(21)29-24(32)17-30-12-14-31(15-13-30)27(33)25-20(4)28-26(34-25)22-11-10-18(2)16-19(22)3/h6-11,16H,5,12-15,17H2,1-4H3,(H,29,32). The first-order chi connectivity index (χ1) is 16.4. The fourth-order valence-electron chi connectivity index (χ4n) is 4.36. The smallest absolute Gasteiger partial charge is 0.265 e. The summed E-state index contributed by atoms with van der Waals surface area (Å²) in [6, 6.07) is 14.2. The number of hydrogen-bond donors (Lipinski definition) is 1. The van der Waals surface area contributed by atoms with E-state index in [0.29, 0.717) is 37.6 Å². The Bertz CT molecular complexity index is 1200. The van der Waals surface area contributed by atoms with Crippen LogP contribution in [-0.2, 0) is 11.2 Å². The first kappa shape index (κ1) is 24.1. The molecule has 1 N–H and O–H groups in total. The Morgan fingerprint density at radius 3 is 2.47 bits per heavy atom. The summed E-state index contributed by atoms with van der Waals surface area (Å²) in [6.45, 7) is 11.0. The van der Waals surface area contributed by atoms with Crippen molar-refractivity contribution in [3.63, 3.8) is 0 Å². The Morgan fingerprint density at radius 2 is 1.76 bits per heavy atom. The summed E-state index contributed by atoms with van der Waals surface area (Å²) in [4.78, 5) is 35.2. The lowest BCUT2D eigenvalue weighted by Crippen LogP contribution is -2.50. The second-order valence-electron chi connectivity index (χ2n) is 8.88. The lowest BCUT2D eigenvalue weighted by molar-refractivity contribution is -0.117. The number of hydrogen-bond acceptors (Lipinski definition) is 5. The number of para-hydroxylation sites is 1. The second-order valence-corrected chi connectivity index (χ2v) is 9.88. The van der Waals surface area contributed by atoms with Gasteiger partial charge in [0.1, 0.15) is 9.88 Å². The van der Waals surface area contributed by atoms with E-state index in [-0.39, 0.29) is 11.8 Å². The van der Waals surface area contributed by atoms with Crippen LogP contribution in [0.1, 0.15) is 39.0 Å². The average Bonchev–Trinajstić information content (AvgIpc) is 3.20. The summed E-state index contributed by atoms with van der Waals surface area (Å²) in [5.41, 5.74) is 6.25. The highest BCUT2D eigenvalue weighted by atomic mass is 32.1. The number of carbonyl (C=O) groups is 2. The highest BCUT2D eigenvalue weighted by Crippen LogP contribution is 2.31. The van der Waals surface area contributed by atoms with Gasteiger partial charge in [-0.25, -0.2) is 4.98 Å². The van der Waals surface area contributed by atoms with Crippen molar-refractivity contribution in [2.75, 3.05) is 38.0 Å². The third-order valence-corrected chi connectivity index (χ3v) is 7.48. The molecule has 1 aliphatic heterocycles. The molecule has 0 atom stereocenters. The molecule has 3 aromatic rings. The van der Waals surface area contributed by atoms with Crippen LogP contribution in [0.3, 0.4) is 0 Å². The van der Waals surface area contributed by atoms with Gasteiger partial charge in [-0.3, -0.25) is 14.5 Å². The van der Waals surface area contributed by atoms with Crippen LogP contribution in [0.4, 0.5) is 5.69 Å². The largest absolute Gasteiger partial charge is 0.335 e. The fraction of sp³-hybridized carbons (Fsp3) is 0.370. The van der Waals surface area contributed by atoms with Crippen molar-refractivity contribution in [2.24, 2.45) is 0 Å². The number of piperazine rings is 1. The van der Waals surface area contributed by atoms with Gasteiger partial charge in [0.05, 0.1) is 12.2 Å². The van der Waals surface area contributed by atoms with E-state index >= 15 is 0 Å². The fourth-order valence-corrected chi connectivity index (χ4v) is 5.48. The number of aryl methyl sites for hydroxylation is 4. The van der Waals surface area contributed by atoms with Crippen molar-refractivity contribution in [1.82, 2.24) is 14.8 Å². The first-order valence-corrected chi connectivity index (χ1v) is 12.6. The van der Waals surface area contributed by atoms with Crippen LogP contribution in [0.15, 0.2) is 42.5 Å². The lowest BCUT2D eigenvalue weighted by Gasteiger charge is -2.34. The highest BCUT2D eigenvalue weighted by molar-refractivity contribution is 7.17. The van der Waals surface area contributed by atoms with Crippen molar-refractivity contribution in [3.05, 3.63) is 69.7 Å². The summed E-state index contributed by atoms with van der Waals surface area (Å²) in [5.74, 6) is 0.0177. The molecule has 0 bridgehead atoms. The van der Waals surface area contributed by atoms with Gasteiger partial charge in [0.2, 0.25) is 5.91 Å². The van der Waals surface area contributed by atoms with E-state index in [4.69, 9.17) is 4.98 Å². The van der Waals surface area contributed by atoms with Crippen molar-refractivity contribution in [2.45, 2.75) is 34.1 Å². The molecule has 34 heavy (non-hydrogen) atoms. The van der Waals surface area contributed by atoms with Gasteiger partial charge in [0.25, 0.3) is 5.91 Å². The van der Waals surface area contributed by atoms with Gasteiger partial charge in [-0.2, -0.15) is 0 Å². The van der Waals surface area contributed by atoms with Crippen LogP contribution in [-0.4, -0.2) is 59.3 Å². The Balaban J connectivity index is 1.35. The summed E-state index contributed by atoms with van der Waals surface area (Å²) in [6.07, 6.45) is 0.874. The van der Waals surface area contributed by atoms with E-state index in [9.17, 15) is 9.59 Å². The molecule has 4 rings (SSSR count). The monoisotopic (exact) mass is 476 g/mol. The topological polar surface area (TPSA) is 65.5 Å². The summed E-state index contributed by atoms with van der Waals surface area (Å²) < 4.78 is 0. The predicted octanol–water partition coefficient (Wildman–Crippen LogP) is 4.69. The molecule has 1 saturated heterocycles. The van der Waals surface area contributed by atoms with Crippen LogP contribution in [0, 0.1) is 20.8 Å². The zero-order valence-electron chi connectivity index (χ0n) is 20.4. The van der Waals surface area contributed by atoms with Gasteiger partial charge in [0.15, 0.2) is 0 Å². The number of carbonyl (C=O) groups excluding carboxylic acids is 2. The third-order valence-electron chi connectivity index (χ3n) is 6.30. The molecule has 0 radical (unpaired) electrons. The van der Waals surface area contributed by atoms with Crippen LogP contribution >= 0.6 is 11.3 Å². The Labute approximate surface area is 205 Å². The molecule has 6 nitrogen and oxygen atoms in total. The zero-order chi connectivity index (χ0) is 24.2. The summed E-state index contributed by atoms with van der Waals surface area (Å²) in [7, 11) is 0. The molecule has 178 valence electrons. The number of nitrogens with zero attached hydrogens (tertiary/aromatic N) is 3. The molecule has 1 fully saturated rings. The zero-order valence-corrected chi connectivity index (χ0v) is 21.2. The van der Waals surface area contributed by atoms with E-state index in [0.717, 1.165) is 33.9 Å². The van der Waals surface area contributed by atoms with Gasteiger partial charge in [0, 0.05) is 37.4 Å². The molecule has 2 amide bonds. The van der Waals surface area contributed by atoms with Gasteiger partial charge in [-0.15, -0.1) is 11.3 Å². The average molecular weight is 477 g/mol.